The van der Waals surface area contributed by atoms with Crippen molar-refractivity contribution in [2.75, 3.05) is 13.2 Å². The van der Waals surface area contributed by atoms with Gasteiger partial charge < -0.3 is 9.30 Å². The number of fused-ring (bicyclic) bond motifs is 1. The molecule has 1 aromatic heterocycles. The van der Waals surface area contributed by atoms with Gasteiger partial charge in [-0.15, -0.1) is 0 Å². The number of rotatable bonds is 2. The van der Waals surface area contributed by atoms with Gasteiger partial charge in [-0.1, -0.05) is 6.07 Å². The Labute approximate surface area is 119 Å². The Morgan fingerprint density at radius 2 is 2.10 bits per heavy atom. The number of nitrogens with zero attached hydrogens (tertiary/aromatic N) is 3. The lowest BCUT2D eigenvalue weighted by Crippen LogP contribution is -2.56. The van der Waals surface area contributed by atoms with Crippen LogP contribution in [0.2, 0.25) is 0 Å². The summed E-state index contributed by atoms with van der Waals surface area (Å²) < 4.78 is 7.53. The molecule has 2 heterocycles. The van der Waals surface area contributed by atoms with Crippen molar-refractivity contribution in [3.05, 3.63) is 29.6 Å². The fourth-order valence-corrected chi connectivity index (χ4v) is 2.92. The number of nitriles is 1. The highest BCUT2D eigenvalue weighted by Gasteiger charge is 2.52. The minimum Gasteiger partial charge on any atom is -0.379 e. The van der Waals surface area contributed by atoms with Crippen LogP contribution in [-0.2, 0) is 17.2 Å². The first-order chi connectivity index (χ1) is 9.41. The molecule has 0 radical (unpaired) electrons. The summed E-state index contributed by atoms with van der Waals surface area (Å²) in [5.41, 5.74) is 2.59. The van der Waals surface area contributed by atoms with Crippen molar-refractivity contribution in [3.8, 4) is 6.07 Å². The molecule has 4 nitrogen and oxygen atoms in total. The molecule has 1 fully saturated rings. The van der Waals surface area contributed by atoms with E-state index >= 15 is 0 Å². The number of benzene rings is 1. The maximum absolute atomic E-state index is 9.49. The second-order valence-corrected chi connectivity index (χ2v) is 6.23. The molecule has 1 aliphatic heterocycles. The third-order valence-electron chi connectivity index (χ3n) is 4.83. The molecular weight excluding hydrogens is 250 g/mol. The number of aromatic nitrogens is 2. The zero-order valence-corrected chi connectivity index (χ0v) is 12.4. The molecular formula is C16H19N3O. The molecule has 4 heteroatoms. The van der Waals surface area contributed by atoms with E-state index in [1.54, 1.807) is 0 Å². The van der Waals surface area contributed by atoms with Crippen molar-refractivity contribution in [3.63, 3.8) is 0 Å². The lowest BCUT2D eigenvalue weighted by Gasteiger charge is -2.49. The van der Waals surface area contributed by atoms with Gasteiger partial charge in [0.1, 0.15) is 5.82 Å². The van der Waals surface area contributed by atoms with E-state index in [-0.39, 0.29) is 5.41 Å². The third-order valence-corrected chi connectivity index (χ3v) is 4.83. The van der Waals surface area contributed by atoms with Crippen LogP contribution >= 0.6 is 0 Å². The van der Waals surface area contributed by atoms with E-state index in [4.69, 9.17) is 4.74 Å². The number of hydrogen-bond donors (Lipinski definition) is 0. The summed E-state index contributed by atoms with van der Waals surface area (Å²) in [5, 5.41) is 9.49. The van der Waals surface area contributed by atoms with Gasteiger partial charge in [0.05, 0.1) is 41.1 Å². The Kier molecular flexibility index (Phi) is 2.67. The van der Waals surface area contributed by atoms with Crippen LogP contribution in [0.25, 0.3) is 11.0 Å². The van der Waals surface area contributed by atoms with Crippen LogP contribution in [0.15, 0.2) is 18.2 Å². The summed E-state index contributed by atoms with van der Waals surface area (Å²) in [4.78, 5) is 4.59. The molecule has 0 aliphatic carbocycles. The summed E-state index contributed by atoms with van der Waals surface area (Å²) in [7, 11) is 2.02. The van der Waals surface area contributed by atoms with Gasteiger partial charge >= 0.3 is 0 Å². The van der Waals surface area contributed by atoms with Crippen molar-refractivity contribution in [1.29, 1.82) is 5.26 Å². The first-order valence-corrected chi connectivity index (χ1v) is 6.84. The van der Waals surface area contributed by atoms with Gasteiger partial charge in [0.2, 0.25) is 0 Å². The Morgan fingerprint density at radius 3 is 2.65 bits per heavy atom. The van der Waals surface area contributed by atoms with Crippen molar-refractivity contribution in [2.45, 2.75) is 26.2 Å². The van der Waals surface area contributed by atoms with Crippen molar-refractivity contribution >= 4 is 11.0 Å². The number of hydrogen-bond acceptors (Lipinski definition) is 3. The van der Waals surface area contributed by atoms with E-state index in [9.17, 15) is 5.26 Å². The molecule has 0 amide bonds. The fourth-order valence-electron chi connectivity index (χ4n) is 2.92. The molecule has 1 aliphatic rings. The van der Waals surface area contributed by atoms with Gasteiger partial charge in [0.15, 0.2) is 0 Å². The van der Waals surface area contributed by atoms with Crippen molar-refractivity contribution in [2.24, 2.45) is 12.5 Å². The van der Waals surface area contributed by atoms with E-state index in [1.807, 2.05) is 27.8 Å². The zero-order valence-electron chi connectivity index (χ0n) is 12.4. The van der Waals surface area contributed by atoms with E-state index in [0.717, 1.165) is 22.4 Å². The predicted molar refractivity (Wildman–Crippen MR) is 77.3 cm³/mol. The average Bonchev–Trinajstić information content (AvgIpc) is 2.63. The average molecular weight is 269 g/mol. The van der Waals surface area contributed by atoms with Crippen LogP contribution in [-0.4, -0.2) is 22.8 Å². The topological polar surface area (TPSA) is 50.8 Å². The van der Waals surface area contributed by atoms with Gasteiger partial charge in [0.25, 0.3) is 0 Å². The standard InChI is InChI=1S/C16H19N3O/c1-11-18-13-7-12(5-6-14(13)19(11)4)16(9-20-10-16)15(2,3)8-17/h5-7H,9-10H2,1-4H3. The second-order valence-electron chi connectivity index (χ2n) is 6.23. The maximum Gasteiger partial charge on any atom is 0.106 e. The monoisotopic (exact) mass is 269 g/mol. The van der Waals surface area contributed by atoms with Crippen LogP contribution in [0.5, 0.6) is 0 Å². The van der Waals surface area contributed by atoms with Gasteiger partial charge in [-0.25, -0.2) is 4.98 Å². The largest absolute Gasteiger partial charge is 0.379 e. The summed E-state index contributed by atoms with van der Waals surface area (Å²) >= 11 is 0. The second kappa shape index (κ2) is 4.07. The first-order valence-electron chi connectivity index (χ1n) is 6.84. The SMILES string of the molecule is Cc1nc2cc(C3(C(C)(C)C#N)COC3)ccc2n1C. The van der Waals surface area contributed by atoms with Crippen LogP contribution in [0.4, 0.5) is 0 Å². The molecule has 0 saturated carbocycles. The Balaban J connectivity index is 2.17. The fraction of sp³-hybridized carbons (Fsp3) is 0.500. The van der Waals surface area contributed by atoms with Crippen LogP contribution in [0.1, 0.15) is 25.2 Å². The molecule has 0 atom stereocenters. The van der Waals surface area contributed by atoms with E-state index in [0.29, 0.717) is 13.2 Å². The van der Waals surface area contributed by atoms with Crippen LogP contribution < -0.4 is 0 Å². The number of ether oxygens (including phenoxy) is 1. The summed E-state index contributed by atoms with van der Waals surface area (Å²) in [6, 6.07) is 8.77. The molecule has 0 unspecified atom stereocenters. The molecule has 1 aromatic carbocycles. The normalized spacial score (nSPS) is 17.8. The lowest BCUT2D eigenvalue weighted by molar-refractivity contribution is -0.102. The van der Waals surface area contributed by atoms with E-state index in [1.165, 1.54) is 0 Å². The van der Waals surface area contributed by atoms with Crippen LogP contribution in [0, 0.1) is 23.7 Å². The summed E-state index contributed by atoms with van der Waals surface area (Å²) in [6.45, 7) is 7.18. The molecule has 0 bridgehead atoms. The molecule has 20 heavy (non-hydrogen) atoms. The highest BCUT2D eigenvalue weighted by atomic mass is 16.5. The number of imidazole rings is 1. The minimum absolute atomic E-state index is 0.221. The highest BCUT2D eigenvalue weighted by Crippen LogP contribution is 2.47. The lowest BCUT2D eigenvalue weighted by atomic mass is 9.61. The Bertz CT molecular complexity index is 717. The summed E-state index contributed by atoms with van der Waals surface area (Å²) in [6.07, 6.45) is 0. The van der Waals surface area contributed by atoms with E-state index < -0.39 is 5.41 Å². The van der Waals surface area contributed by atoms with E-state index in [2.05, 4.69) is 33.8 Å². The maximum atomic E-state index is 9.49. The van der Waals surface area contributed by atoms with Gasteiger partial charge in [-0.05, 0) is 38.5 Å². The smallest absolute Gasteiger partial charge is 0.106 e. The van der Waals surface area contributed by atoms with Crippen molar-refractivity contribution < 1.29 is 4.74 Å². The Hall–Kier alpha value is -1.86. The Morgan fingerprint density at radius 1 is 1.40 bits per heavy atom. The van der Waals surface area contributed by atoms with Gasteiger partial charge in [-0.3, -0.25) is 0 Å². The molecule has 2 aromatic rings. The highest BCUT2D eigenvalue weighted by molar-refractivity contribution is 5.77. The minimum atomic E-state index is -0.456. The van der Waals surface area contributed by atoms with Crippen molar-refractivity contribution in [1.82, 2.24) is 9.55 Å². The van der Waals surface area contributed by atoms with Gasteiger partial charge in [0, 0.05) is 7.05 Å². The molecule has 3 rings (SSSR count). The first kappa shape index (κ1) is 13.1. The predicted octanol–water partition coefficient (Wildman–Crippen LogP) is 2.70. The zero-order chi connectivity index (χ0) is 14.5. The van der Waals surface area contributed by atoms with Crippen LogP contribution in [0.3, 0.4) is 0 Å². The third kappa shape index (κ3) is 1.53. The molecule has 0 spiro atoms. The molecule has 1 saturated heterocycles. The molecule has 104 valence electrons. The summed E-state index contributed by atoms with van der Waals surface area (Å²) in [5.74, 6) is 0.996. The number of aryl methyl sites for hydroxylation is 2. The quantitative estimate of drug-likeness (QED) is 0.842. The van der Waals surface area contributed by atoms with Gasteiger partial charge in [-0.2, -0.15) is 5.26 Å². The molecule has 0 N–H and O–H groups in total.